The van der Waals surface area contributed by atoms with E-state index in [-0.39, 0.29) is 18.0 Å². The van der Waals surface area contributed by atoms with Crippen LogP contribution < -0.4 is 5.32 Å². The molecule has 1 amide bonds. The molecular formula is C19H17ClN2O2. The minimum atomic E-state index is -0.507. The number of nitrogens with zero attached hydrogens (tertiary/aromatic N) is 1. The molecule has 122 valence electrons. The smallest absolute Gasteiger partial charge is 0.246 e. The number of nitrogens with one attached hydrogen (secondary N) is 1. The molecule has 1 aliphatic rings. The van der Waals surface area contributed by atoms with E-state index in [1.165, 1.54) is 5.56 Å². The first-order valence-corrected chi connectivity index (χ1v) is 8.29. The lowest BCUT2D eigenvalue weighted by Gasteiger charge is -2.24. The highest BCUT2D eigenvalue weighted by molar-refractivity contribution is 6.31. The summed E-state index contributed by atoms with van der Waals surface area (Å²) in [6.07, 6.45) is 2.87. The van der Waals surface area contributed by atoms with Gasteiger partial charge in [-0.2, -0.15) is 0 Å². The van der Waals surface area contributed by atoms with Crippen molar-refractivity contribution in [3.63, 3.8) is 0 Å². The van der Waals surface area contributed by atoms with E-state index in [0.717, 1.165) is 22.9 Å². The Morgan fingerprint density at radius 1 is 1.25 bits per heavy atom. The molecule has 0 bridgehead atoms. The van der Waals surface area contributed by atoms with Crippen molar-refractivity contribution in [2.75, 3.05) is 6.61 Å². The first-order chi connectivity index (χ1) is 11.7. The van der Waals surface area contributed by atoms with E-state index in [1.807, 2.05) is 48.7 Å². The van der Waals surface area contributed by atoms with Crippen LogP contribution in [0.5, 0.6) is 0 Å². The second-order valence-corrected chi connectivity index (χ2v) is 6.54. The maximum atomic E-state index is 11.8. The highest BCUT2D eigenvalue weighted by Gasteiger charge is 2.34. The van der Waals surface area contributed by atoms with Gasteiger partial charge in [-0.15, -0.1) is 0 Å². The Morgan fingerprint density at radius 3 is 2.92 bits per heavy atom. The lowest BCUT2D eigenvalue weighted by atomic mass is 10.1. The van der Waals surface area contributed by atoms with E-state index >= 15 is 0 Å². The Labute approximate surface area is 144 Å². The first-order valence-electron chi connectivity index (χ1n) is 7.91. The number of halogens is 1. The van der Waals surface area contributed by atoms with Crippen molar-refractivity contribution >= 4 is 28.4 Å². The van der Waals surface area contributed by atoms with Crippen LogP contribution in [0.2, 0.25) is 5.02 Å². The molecule has 2 unspecified atom stereocenters. The molecule has 0 aliphatic heterocycles. The number of carbonyl (C=O) groups excluding carboxylic acids is 1. The van der Waals surface area contributed by atoms with Gasteiger partial charge in [0.25, 0.3) is 0 Å². The summed E-state index contributed by atoms with van der Waals surface area (Å²) in [5, 5.41) is 13.9. The van der Waals surface area contributed by atoms with E-state index in [2.05, 4.69) is 16.0 Å². The maximum absolute atomic E-state index is 11.8. The highest BCUT2D eigenvalue weighted by atomic mass is 35.5. The van der Waals surface area contributed by atoms with Crippen LogP contribution in [0.3, 0.4) is 0 Å². The van der Waals surface area contributed by atoms with E-state index in [1.54, 1.807) is 0 Å². The Bertz CT molecular complexity index is 919. The SMILES string of the molecule is O=C(CO)NC1c2ccccc2CC1n1ccc2cc(Cl)ccc21. The van der Waals surface area contributed by atoms with Gasteiger partial charge in [0.1, 0.15) is 6.61 Å². The fourth-order valence-electron chi connectivity index (χ4n) is 3.65. The molecule has 3 aromatic rings. The molecule has 1 aliphatic carbocycles. The fourth-order valence-corrected chi connectivity index (χ4v) is 3.83. The van der Waals surface area contributed by atoms with Crippen molar-refractivity contribution in [1.29, 1.82) is 0 Å². The lowest BCUT2D eigenvalue weighted by molar-refractivity contribution is -0.124. The molecule has 1 heterocycles. The van der Waals surface area contributed by atoms with Crippen LogP contribution in [0.1, 0.15) is 23.2 Å². The molecule has 2 aromatic carbocycles. The molecular weight excluding hydrogens is 324 g/mol. The van der Waals surface area contributed by atoms with Crippen molar-refractivity contribution < 1.29 is 9.90 Å². The monoisotopic (exact) mass is 340 g/mol. The summed E-state index contributed by atoms with van der Waals surface area (Å²) in [4.78, 5) is 11.8. The van der Waals surface area contributed by atoms with Crippen LogP contribution in [0, 0.1) is 0 Å². The summed E-state index contributed by atoms with van der Waals surface area (Å²) in [6, 6.07) is 15.9. The molecule has 0 saturated heterocycles. The van der Waals surface area contributed by atoms with Gasteiger partial charge in [0, 0.05) is 22.1 Å². The summed E-state index contributed by atoms with van der Waals surface area (Å²) >= 11 is 6.08. The van der Waals surface area contributed by atoms with Crippen molar-refractivity contribution in [3.8, 4) is 0 Å². The Balaban J connectivity index is 1.79. The highest BCUT2D eigenvalue weighted by Crippen LogP contribution is 2.41. The van der Waals surface area contributed by atoms with Gasteiger partial charge < -0.3 is 15.0 Å². The molecule has 0 saturated carbocycles. The van der Waals surface area contributed by atoms with Crippen LogP contribution in [0.4, 0.5) is 0 Å². The van der Waals surface area contributed by atoms with Crippen molar-refractivity contribution in [3.05, 3.63) is 70.9 Å². The summed E-state index contributed by atoms with van der Waals surface area (Å²) in [5.74, 6) is -0.360. The summed E-state index contributed by atoms with van der Waals surface area (Å²) < 4.78 is 2.19. The lowest BCUT2D eigenvalue weighted by Crippen LogP contribution is -2.34. The number of rotatable bonds is 3. The van der Waals surface area contributed by atoms with Crippen LogP contribution in [0.25, 0.3) is 10.9 Å². The maximum Gasteiger partial charge on any atom is 0.246 e. The normalized spacial score (nSPS) is 19.4. The average Bonchev–Trinajstić information content (AvgIpc) is 3.15. The summed E-state index contributed by atoms with van der Waals surface area (Å²) in [7, 11) is 0. The van der Waals surface area contributed by atoms with Gasteiger partial charge in [-0.3, -0.25) is 4.79 Å². The predicted molar refractivity (Wildman–Crippen MR) is 94.1 cm³/mol. The third kappa shape index (κ3) is 2.48. The zero-order valence-corrected chi connectivity index (χ0v) is 13.7. The van der Waals surface area contributed by atoms with Crippen molar-refractivity contribution in [2.24, 2.45) is 0 Å². The number of amides is 1. The van der Waals surface area contributed by atoms with Crippen LogP contribution in [-0.4, -0.2) is 22.2 Å². The number of aliphatic hydroxyl groups excluding tert-OH is 1. The second-order valence-electron chi connectivity index (χ2n) is 6.10. The van der Waals surface area contributed by atoms with Crippen LogP contribution in [0.15, 0.2) is 54.7 Å². The fraction of sp³-hybridized carbons (Fsp3) is 0.211. The molecule has 0 spiro atoms. The number of hydrogen-bond acceptors (Lipinski definition) is 2. The number of fused-ring (bicyclic) bond motifs is 2. The van der Waals surface area contributed by atoms with Gasteiger partial charge in [0.05, 0.1) is 12.1 Å². The minimum Gasteiger partial charge on any atom is -0.387 e. The number of carbonyl (C=O) groups is 1. The number of aromatic nitrogens is 1. The van der Waals surface area contributed by atoms with Gasteiger partial charge in [-0.25, -0.2) is 0 Å². The van der Waals surface area contributed by atoms with Gasteiger partial charge in [-0.1, -0.05) is 35.9 Å². The van der Waals surface area contributed by atoms with E-state index in [4.69, 9.17) is 16.7 Å². The first kappa shape index (κ1) is 15.2. The van der Waals surface area contributed by atoms with Gasteiger partial charge in [0.2, 0.25) is 5.91 Å². The molecule has 24 heavy (non-hydrogen) atoms. The van der Waals surface area contributed by atoms with Crippen LogP contribution >= 0.6 is 11.6 Å². The summed E-state index contributed by atoms with van der Waals surface area (Å²) in [5.41, 5.74) is 3.42. The summed E-state index contributed by atoms with van der Waals surface area (Å²) in [6.45, 7) is -0.507. The molecule has 4 rings (SSSR count). The Morgan fingerprint density at radius 2 is 2.08 bits per heavy atom. The van der Waals surface area contributed by atoms with Gasteiger partial charge in [0.15, 0.2) is 0 Å². The topological polar surface area (TPSA) is 54.3 Å². The van der Waals surface area contributed by atoms with Crippen molar-refractivity contribution in [2.45, 2.75) is 18.5 Å². The molecule has 0 radical (unpaired) electrons. The number of aliphatic hydroxyl groups is 1. The average molecular weight is 341 g/mol. The zero-order valence-electron chi connectivity index (χ0n) is 12.9. The molecule has 2 N–H and O–H groups in total. The zero-order chi connectivity index (χ0) is 16.7. The van der Waals surface area contributed by atoms with Crippen LogP contribution in [-0.2, 0) is 11.2 Å². The number of benzene rings is 2. The van der Waals surface area contributed by atoms with Gasteiger partial charge >= 0.3 is 0 Å². The Kier molecular flexibility index (Phi) is 3.79. The Hall–Kier alpha value is -2.30. The molecule has 2 atom stereocenters. The molecule has 5 heteroatoms. The standard InChI is InChI=1S/C19H17ClN2O2/c20-14-5-6-16-13(9-14)7-8-22(16)17-10-12-3-1-2-4-15(12)19(17)21-18(24)11-23/h1-9,17,19,23H,10-11H2,(H,21,24). The molecule has 1 aromatic heterocycles. The van der Waals surface area contributed by atoms with E-state index in [9.17, 15) is 4.79 Å². The second kappa shape index (κ2) is 5.96. The van der Waals surface area contributed by atoms with Gasteiger partial charge in [-0.05, 0) is 41.8 Å². The largest absolute Gasteiger partial charge is 0.387 e. The number of hydrogen-bond donors (Lipinski definition) is 2. The van der Waals surface area contributed by atoms with Crippen molar-refractivity contribution in [1.82, 2.24) is 9.88 Å². The third-order valence-electron chi connectivity index (χ3n) is 4.70. The van der Waals surface area contributed by atoms with E-state index < -0.39 is 6.61 Å². The molecule has 4 nitrogen and oxygen atoms in total. The van der Waals surface area contributed by atoms with E-state index in [0.29, 0.717) is 5.02 Å². The third-order valence-corrected chi connectivity index (χ3v) is 4.94. The predicted octanol–water partition coefficient (Wildman–Crippen LogP) is 3.24. The quantitative estimate of drug-likeness (QED) is 0.769. The molecule has 0 fully saturated rings. The minimum absolute atomic E-state index is 0.0663.